The first-order chi connectivity index (χ1) is 14.8. The second kappa shape index (κ2) is 8.77. The fourth-order valence-electron chi connectivity index (χ4n) is 3.25. The van der Waals surface area contributed by atoms with Gasteiger partial charge in [0.2, 0.25) is 15.9 Å². The van der Waals surface area contributed by atoms with Crippen molar-refractivity contribution < 1.29 is 22.7 Å². The van der Waals surface area contributed by atoms with Crippen LogP contribution in [0.25, 0.3) is 11.0 Å². The van der Waals surface area contributed by atoms with Crippen molar-refractivity contribution in [3.63, 3.8) is 0 Å². The molecular weight excluding hydrogens is 440 g/mol. The summed E-state index contributed by atoms with van der Waals surface area (Å²) >= 11 is 1.28. The molecule has 1 amide bonds. The Bertz CT molecular complexity index is 1230. The molecule has 0 saturated carbocycles. The number of fused-ring (bicyclic) bond motifs is 2. The summed E-state index contributed by atoms with van der Waals surface area (Å²) in [6.45, 7) is 3.27. The topological polar surface area (TPSA) is 126 Å². The van der Waals surface area contributed by atoms with Crippen LogP contribution in [0.3, 0.4) is 0 Å². The first-order valence-electron chi connectivity index (χ1n) is 9.66. The van der Waals surface area contributed by atoms with Crippen LogP contribution in [0.2, 0.25) is 0 Å². The highest BCUT2D eigenvalue weighted by Crippen LogP contribution is 2.30. The van der Waals surface area contributed by atoms with E-state index in [1.54, 1.807) is 6.07 Å². The number of ether oxygens (including phenoxy) is 2. The number of nitrogens with one attached hydrogen (secondary N) is 1. The minimum absolute atomic E-state index is 0.00585. The van der Waals surface area contributed by atoms with Gasteiger partial charge < -0.3 is 19.4 Å². The van der Waals surface area contributed by atoms with E-state index in [2.05, 4.69) is 10.3 Å². The molecule has 4 rings (SSSR count). The van der Waals surface area contributed by atoms with E-state index in [4.69, 9.17) is 14.6 Å². The molecule has 1 aliphatic heterocycles. The summed E-state index contributed by atoms with van der Waals surface area (Å²) in [5.74, 6) is 1.37. The van der Waals surface area contributed by atoms with Crippen molar-refractivity contribution in [3.8, 4) is 11.5 Å². The number of nitrogens with zero attached hydrogens (tertiary/aromatic N) is 2. The number of benzene rings is 2. The molecule has 3 aromatic rings. The van der Waals surface area contributed by atoms with Gasteiger partial charge in [-0.25, -0.2) is 18.5 Å². The van der Waals surface area contributed by atoms with Crippen molar-refractivity contribution in [2.45, 2.75) is 29.6 Å². The predicted molar refractivity (Wildman–Crippen MR) is 117 cm³/mol. The molecule has 0 aliphatic carbocycles. The highest BCUT2D eigenvalue weighted by Gasteiger charge is 2.21. The zero-order valence-electron chi connectivity index (χ0n) is 16.8. The number of primary sulfonamides is 1. The lowest BCUT2D eigenvalue weighted by molar-refractivity contribution is -0.119. The lowest BCUT2D eigenvalue weighted by Gasteiger charge is -2.26. The summed E-state index contributed by atoms with van der Waals surface area (Å²) in [5, 5.41) is 8.69. The van der Waals surface area contributed by atoms with Crippen LogP contribution in [-0.2, 0) is 21.4 Å². The molecule has 11 heteroatoms. The van der Waals surface area contributed by atoms with Crippen molar-refractivity contribution in [2.75, 3.05) is 18.9 Å². The molecule has 0 bridgehead atoms. The number of para-hydroxylation sites is 2. The number of carbonyl (C=O) groups excluding carboxylic acids is 1. The summed E-state index contributed by atoms with van der Waals surface area (Å²) < 4.78 is 36.6. The van der Waals surface area contributed by atoms with Gasteiger partial charge in [-0.05, 0) is 37.3 Å². The molecule has 9 nitrogen and oxygen atoms in total. The molecule has 0 radical (unpaired) electrons. The number of hydrogen-bond acceptors (Lipinski definition) is 7. The minimum Gasteiger partial charge on any atom is -0.486 e. The number of sulfonamides is 1. The van der Waals surface area contributed by atoms with E-state index in [9.17, 15) is 13.2 Å². The second-order valence-corrected chi connectivity index (χ2v) is 9.43. The Morgan fingerprint density at radius 2 is 2.06 bits per heavy atom. The Morgan fingerprint density at radius 1 is 1.29 bits per heavy atom. The largest absolute Gasteiger partial charge is 0.486 e. The molecule has 0 fully saturated rings. The molecule has 164 valence electrons. The van der Waals surface area contributed by atoms with Gasteiger partial charge in [0.25, 0.3) is 0 Å². The van der Waals surface area contributed by atoms with Crippen LogP contribution in [0.4, 0.5) is 0 Å². The molecule has 0 unspecified atom stereocenters. The van der Waals surface area contributed by atoms with Crippen molar-refractivity contribution in [2.24, 2.45) is 5.14 Å². The fraction of sp³-hybridized carbons (Fsp3) is 0.300. The predicted octanol–water partition coefficient (Wildman–Crippen LogP) is 1.75. The van der Waals surface area contributed by atoms with E-state index in [-0.39, 0.29) is 22.7 Å². The van der Waals surface area contributed by atoms with Crippen LogP contribution in [0.5, 0.6) is 11.5 Å². The second-order valence-electron chi connectivity index (χ2n) is 6.92. The first kappa shape index (κ1) is 21.5. The van der Waals surface area contributed by atoms with E-state index in [1.807, 2.05) is 35.8 Å². The van der Waals surface area contributed by atoms with Gasteiger partial charge in [-0.2, -0.15) is 0 Å². The summed E-state index contributed by atoms with van der Waals surface area (Å²) in [5.41, 5.74) is 1.30. The number of aryl methyl sites for hydroxylation is 1. The van der Waals surface area contributed by atoms with Crippen molar-refractivity contribution in [3.05, 3.63) is 42.5 Å². The van der Waals surface area contributed by atoms with Crippen LogP contribution >= 0.6 is 11.8 Å². The van der Waals surface area contributed by atoms with Gasteiger partial charge >= 0.3 is 0 Å². The van der Waals surface area contributed by atoms with Gasteiger partial charge in [0.1, 0.15) is 12.7 Å². The van der Waals surface area contributed by atoms with Gasteiger partial charge in [0.05, 0.1) is 28.2 Å². The van der Waals surface area contributed by atoms with Crippen molar-refractivity contribution in [1.29, 1.82) is 0 Å². The molecular formula is C20H22N4O5S2. The summed E-state index contributed by atoms with van der Waals surface area (Å²) in [6.07, 6.45) is -0.263. The molecule has 1 aromatic heterocycles. The Kier molecular flexibility index (Phi) is 6.08. The van der Waals surface area contributed by atoms with Crippen LogP contribution < -0.4 is 19.9 Å². The Balaban J connectivity index is 1.37. The zero-order valence-corrected chi connectivity index (χ0v) is 18.4. The SMILES string of the molecule is CCn1c(SCC(=O)NC[C@H]2COc3ccccc3O2)nc2cc(S(N)(=O)=O)ccc21. The maximum absolute atomic E-state index is 12.3. The lowest BCUT2D eigenvalue weighted by atomic mass is 10.2. The van der Waals surface area contributed by atoms with Crippen LogP contribution in [0, 0.1) is 0 Å². The van der Waals surface area contributed by atoms with Gasteiger partial charge in [0, 0.05) is 6.54 Å². The molecule has 2 heterocycles. The van der Waals surface area contributed by atoms with E-state index in [0.29, 0.717) is 41.9 Å². The summed E-state index contributed by atoms with van der Waals surface area (Å²) in [6, 6.07) is 12.0. The standard InChI is InChI=1S/C20H22N4O5S2/c1-2-24-16-8-7-14(31(21,26)27)9-15(16)23-20(24)30-12-19(25)22-10-13-11-28-17-5-3-4-6-18(17)29-13/h3-9,13H,2,10-12H2,1H3,(H,22,25)(H2,21,26,27)/t13-/m0/s1. The quantitative estimate of drug-likeness (QED) is 0.512. The van der Waals surface area contributed by atoms with Gasteiger partial charge in [-0.1, -0.05) is 23.9 Å². The van der Waals surface area contributed by atoms with E-state index >= 15 is 0 Å². The molecule has 2 aromatic carbocycles. The number of hydrogen-bond donors (Lipinski definition) is 2. The Morgan fingerprint density at radius 3 is 2.81 bits per heavy atom. The van der Waals surface area contributed by atoms with Crippen LogP contribution in [0.15, 0.2) is 52.5 Å². The monoisotopic (exact) mass is 462 g/mol. The number of carbonyl (C=O) groups is 1. The highest BCUT2D eigenvalue weighted by molar-refractivity contribution is 7.99. The average Bonchev–Trinajstić information content (AvgIpc) is 3.12. The van der Waals surface area contributed by atoms with E-state index in [0.717, 1.165) is 5.52 Å². The third kappa shape index (κ3) is 4.78. The molecule has 0 saturated heterocycles. The van der Waals surface area contributed by atoms with Crippen LogP contribution in [-0.4, -0.2) is 48.9 Å². The lowest BCUT2D eigenvalue weighted by Crippen LogP contribution is -2.41. The zero-order chi connectivity index (χ0) is 22.0. The maximum atomic E-state index is 12.3. The maximum Gasteiger partial charge on any atom is 0.238 e. The van der Waals surface area contributed by atoms with Crippen molar-refractivity contribution >= 4 is 38.7 Å². The van der Waals surface area contributed by atoms with Gasteiger partial charge in [-0.15, -0.1) is 0 Å². The minimum atomic E-state index is -3.81. The van der Waals surface area contributed by atoms with E-state index < -0.39 is 10.0 Å². The number of imidazole rings is 1. The van der Waals surface area contributed by atoms with E-state index in [1.165, 1.54) is 23.9 Å². The van der Waals surface area contributed by atoms with Gasteiger partial charge in [-0.3, -0.25) is 4.79 Å². The summed E-state index contributed by atoms with van der Waals surface area (Å²) in [4.78, 5) is 16.8. The Labute approximate surface area is 184 Å². The molecule has 1 atom stereocenters. The normalized spacial score (nSPS) is 15.7. The number of nitrogens with two attached hydrogens (primary N) is 1. The number of amides is 1. The molecule has 31 heavy (non-hydrogen) atoms. The van der Waals surface area contributed by atoms with Crippen LogP contribution in [0.1, 0.15) is 6.92 Å². The first-order valence-corrected chi connectivity index (χ1v) is 12.2. The Hall–Kier alpha value is -2.76. The third-order valence-electron chi connectivity index (χ3n) is 4.76. The highest BCUT2D eigenvalue weighted by atomic mass is 32.2. The smallest absolute Gasteiger partial charge is 0.238 e. The summed E-state index contributed by atoms with van der Waals surface area (Å²) in [7, 11) is -3.81. The number of rotatable bonds is 7. The number of aromatic nitrogens is 2. The number of thioether (sulfide) groups is 1. The van der Waals surface area contributed by atoms with Crippen molar-refractivity contribution in [1.82, 2.24) is 14.9 Å². The fourth-order valence-corrected chi connectivity index (χ4v) is 4.69. The average molecular weight is 463 g/mol. The molecule has 0 spiro atoms. The molecule has 3 N–H and O–H groups in total. The third-order valence-corrected chi connectivity index (χ3v) is 6.64. The molecule has 1 aliphatic rings. The van der Waals surface area contributed by atoms with Gasteiger partial charge in [0.15, 0.2) is 16.7 Å².